The van der Waals surface area contributed by atoms with Crippen LogP contribution in [0.2, 0.25) is 0 Å². The van der Waals surface area contributed by atoms with Gasteiger partial charge in [0.1, 0.15) is 4.88 Å². The Balaban J connectivity index is 2.22. The van der Waals surface area contributed by atoms with Gasteiger partial charge in [0.2, 0.25) is 0 Å². The van der Waals surface area contributed by atoms with Crippen LogP contribution in [0.3, 0.4) is 0 Å². The molecule has 0 radical (unpaired) electrons. The maximum atomic E-state index is 12.0. The molecule has 1 heterocycles. The highest BCUT2D eigenvalue weighted by Gasteiger charge is 2.12. The molecule has 88 valence electrons. The Morgan fingerprint density at radius 3 is 2.88 bits per heavy atom. The third-order valence-corrected chi connectivity index (χ3v) is 3.89. The Morgan fingerprint density at radius 1 is 1.47 bits per heavy atom. The number of hydrogen-bond acceptors (Lipinski definition) is 3. The first-order chi connectivity index (χ1) is 8.22. The maximum absolute atomic E-state index is 12.0. The zero-order valence-electron chi connectivity index (χ0n) is 9.24. The molecule has 0 spiro atoms. The number of para-hydroxylation sites is 1. The van der Waals surface area contributed by atoms with E-state index in [9.17, 15) is 4.79 Å². The Hall–Kier alpha value is -1.20. The van der Waals surface area contributed by atoms with Crippen LogP contribution in [0.1, 0.15) is 20.9 Å². The molecule has 1 aromatic heterocycles. The first-order valence-electron chi connectivity index (χ1n) is 5.07. The van der Waals surface area contributed by atoms with Gasteiger partial charge in [-0.15, -0.1) is 11.3 Å². The molecule has 0 aliphatic heterocycles. The molecule has 3 nitrogen and oxygen atoms in total. The number of carbonyl (C=O) groups excluding carboxylic acids is 1. The summed E-state index contributed by atoms with van der Waals surface area (Å²) in [5.41, 5.74) is 4.34. The van der Waals surface area contributed by atoms with E-state index in [0.29, 0.717) is 10.2 Å². The minimum atomic E-state index is -0.0987. The average molecular weight is 311 g/mol. The van der Waals surface area contributed by atoms with Gasteiger partial charge in [-0.1, -0.05) is 34.1 Å². The van der Waals surface area contributed by atoms with E-state index in [2.05, 4.69) is 26.2 Å². The molecule has 1 amide bonds. The number of anilines is 1. The molecular weight excluding hydrogens is 300 g/mol. The molecule has 2 rings (SSSR count). The summed E-state index contributed by atoms with van der Waals surface area (Å²) in [6.07, 6.45) is 0. The van der Waals surface area contributed by atoms with E-state index in [4.69, 9.17) is 0 Å². The highest BCUT2D eigenvalue weighted by atomic mass is 79.9. The van der Waals surface area contributed by atoms with Gasteiger partial charge in [0.25, 0.3) is 5.91 Å². The maximum Gasteiger partial charge on any atom is 0.267 e. The van der Waals surface area contributed by atoms with E-state index in [1.165, 1.54) is 11.3 Å². The van der Waals surface area contributed by atoms with Gasteiger partial charge in [0, 0.05) is 11.0 Å². The Bertz CT molecular complexity index is 539. The van der Waals surface area contributed by atoms with Crippen LogP contribution >= 0.6 is 27.3 Å². The van der Waals surface area contributed by atoms with Gasteiger partial charge < -0.3 is 5.32 Å². The largest absolute Gasteiger partial charge is 0.321 e. The van der Waals surface area contributed by atoms with Crippen LogP contribution in [0.5, 0.6) is 0 Å². The summed E-state index contributed by atoms with van der Waals surface area (Å²) in [7, 11) is 0. The summed E-state index contributed by atoms with van der Waals surface area (Å²) in [6.45, 7) is 1.84. The van der Waals surface area contributed by atoms with Crippen LogP contribution in [-0.2, 0) is 5.33 Å². The molecule has 2 aromatic rings. The van der Waals surface area contributed by atoms with Gasteiger partial charge in [-0.3, -0.25) is 4.79 Å². The van der Waals surface area contributed by atoms with Crippen LogP contribution in [-0.4, -0.2) is 10.9 Å². The lowest BCUT2D eigenvalue weighted by atomic mass is 10.2. The number of alkyl halides is 1. The molecule has 5 heteroatoms. The van der Waals surface area contributed by atoms with Gasteiger partial charge in [-0.2, -0.15) is 0 Å². The van der Waals surface area contributed by atoms with E-state index in [1.807, 2.05) is 31.2 Å². The number of nitrogens with zero attached hydrogens (tertiary/aromatic N) is 1. The van der Waals surface area contributed by atoms with Gasteiger partial charge in [0.15, 0.2) is 0 Å². The topological polar surface area (TPSA) is 42.0 Å². The lowest BCUT2D eigenvalue weighted by Gasteiger charge is -2.08. The number of thiazole rings is 1. The molecule has 0 aliphatic rings. The predicted molar refractivity (Wildman–Crippen MR) is 73.9 cm³/mol. The first kappa shape index (κ1) is 12.3. The molecule has 0 saturated carbocycles. The third-order valence-electron chi connectivity index (χ3n) is 2.36. The summed E-state index contributed by atoms with van der Waals surface area (Å²) >= 11 is 4.76. The van der Waals surface area contributed by atoms with Crippen LogP contribution in [0, 0.1) is 6.92 Å². The van der Waals surface area contributed by atoms with Gasteiger partial charge >= 0.3 is 0 Å². The molecule has 0 fully saturated rings. The molecular formula is C12H11BrN2OS. The fraction of sp³-hybridized carbons (Fsp3) is 0.167. The average Bonchev–Trinajstić information content (AvgIpc) is 2.76. The van der Waals surface area contributed by atoms with E-state index < -0.39 is 0 Å². The highest BCUT2D eigenvalue weighted by Crippen LogP contribution is 2.20. The van der Waals surface area contributed by atoms with Gasteiger partial charge in [-0.25, -0.2) is 4.98 Å². The molecule has 0 bridgehead atoms. The van der Waals surface area contributed by atoms with Crippen molar-refractivity contribution in [3.8, 4) is 0 Å². The predicted octanol–water partition coefficient (Wildman–Crippen LogP) is 3.60. The molecule has 0 atom stereocenters. The van der Waals surface area contributed by atoms with Crippen LogP contribution < -0.4 is 5.32 Å². The molecule has 0 saturated heterocycles. The summed E-state index contributed by atoms with van der Waals surface area (Å²) in [6, 6.07) is 7.72. The number of hydrogen-bond donors (Lipinski definition) is 1. The van der Waals surface area contributed by atoms with Crippen molar-refractivity contribution in [1.29, 1.82) is 0 Å². The molecule has 0 unspecified atom stereocenters. The smallest absolute Gasteiger partial charge is 0.267 e. The number of rotatable bonds is 3. The normalized spacial score (nSPS) is 10.2. The lowest BCUT2D eigenvalue weighted by Crippen LogP contribution is -2.12. The second-order valence-corrected chi connectivity index (χ2v) is 4.93. The SMILES string of the molecule is Cc1ncsc1C(=O)Nc1ccccc1CBr. The number of aryl methyl sites for hydroxylation is 1. The summed E-state index contributed by atoms with van der Waals surface area (Å²) in [5.74, 6) is -0.0987. The van der Waals surface area contributed by atoms with Crippen molar-refractivity contribution in [2.75, 3.05) is 5.32 Å². The lowest BCUT2D eigenvalue weighted by molar-refractivity contribution is 0.102. The summed E-state index contributed by atoms with van der Waals surface area (Å²) in [5, 5.41) is 3.62. The Kier molecular flexibility index (Phi) is 3.91. The van der Waals surface area contributed by atoms with Crippen molar-refractivity contribution in [1.82, 2.24) is 4.98 Å². The van der Waals surface area contributed by atoms with Gasteiger partial charge in [-0.05, 0) is 18.6 Å². The van der Waals surface area contributed by atoms with Crippen molar-refractivity contribution < 1.29 is 4.79 Å². The Labute approximate surface area is 112 Å². The fourth-order valence-corrected chi connectivity index (χ4v) is 2.64. The number of amides is 1. The van der Waals surface area contributed by atoms with E-state index in [0.717, 1.165) is 16.9 Å². The Morgan fingerprint density at radius 2 is 2.24 bits per heavy atom. The second-order valence-electron chi connectivity index (χ2n) is 3.51. The zero-order valence-corrected chi connectivity index (χ0v) is 11.6. The van der Waals surface area contributed by atoms with Crippen molar-refractivity contribution in [2.24, 2.45) is 0 Å². The van der Waals surface area contributed by atoms with Crippen LogP contribution in [0.4, 0.5) is 5.69 Å². The van der Waals surface area contributed by atoms with E-state index in [1.54, 1.807) is 5.51 Å². The number of carbonyl (C=O) groups is 1. The summed E-state index contributed by atoms with van der Waals surface area (Å²) in [4.78, 5) is 16.7. The van der Waals surface area contributed by atoms with Crippen LogP contribution in [0.25, 0.3) is 0 Å². The summed E-state index contributed by atoms with van der Waals surface area (Å²) < 4.78 is 0. The van der Waals surface area contributed by atoms with Crippen molar-refractivity contribution in [2.45, 2.75) is 12.3 Å². The number of halogens is 1. The molecule has 1 aromatic carbocycles. The molecule has 0 aliphatic carbocycles. The van der Waals surface area contributed by atoms with Crippen molar-refractivity contribution in [3.05, 3.63) is 45.9 Å². The quantitative estimate of drug-likeness (QED) is 0.880. The third kappa shape index (κ3) is 2.73. The van der Waals surface area contributed by atoms with Gasteiger partial charge in [0.05, 0.1) is 11.2 Å². The minimum Gasteiger partial charge on any atom is -0.321 e. The first-order valence-corrected chi connectivity index (χ1v) is 7.08. The zero-order chi connectivity index (χ0) is 12.3. The van der Waals surface area contributed by atoms with Crippen LogP contribution in [0.15, 0.2) is 29.8 Å². The highest BCUT2D eigenvalue weighted by molar-refractivity contribution is 9.08. The number of aromatic nitrogens is 1. The van der Waals surface area contributed by atoms with Crippen molar-refractivity contribution in [3.63, 3.8) is 0 Å². The monoisotopic (exact) mass is 310 g/mol. The van der Waals surface area contributed by atoms with E-state index in [-0.39, 0.29) is 5.91 Å². The minimum absolute atomic E-state index is 0.0987. The number of benzene rings is 1. The number of nitrogens with one attached hydrogen (secondary N) is 1. The second kappa shape index (κ2) is 5.42. The molecule has 17 heavy (non-hydrogen) atoms. The molecule has 1 N–H and O–H groups in total. The fourth-order valence-electron chi connectivity index (χ4n) is 1.46. The van der Waals surface area contributed by atoms with E-state index >= 15 is 0 Å². The van der Waals surface area contributed by atoms with Crippen molar-refractivity contribution >= 4 is 38.9 Å². The standard InChI is InChI=1S/C12H11BrN2OS/c1-8-11(17-7-14-8)12(16)15-10-5-3-2-4-9(10)6-13/h2-5,7H,6H2,1H3,(H,15,16).